The zero-order valence-electron chi connectivity index (χ0n) is 20.9. The van der Waals surface area contributed by atoms with E-state index in [0.717, 1.165) is 57.9 Å². The Kier molecular flexibility index (Phi) is 5.56. The summed E-state index contributed by atoms with van der Waals surface area (Å²) in [4.78, 5) is 10.1. The molecule has 7 rings (SSSR count). The number of rotatable bonds is 6. The summed E-state index contributed by atoms with van der Waals surface area (Å²) in [6, 6.07) is 46.4. The highest BCUT2D eigenvalue weighted by atomic mass is 15.1. The van der Waals surface area contributed by atoms with Crippen LogP contribution in [0.1, 0.15) is 11.1 Å². The Balaban J connectivity index is 1.35. The van der Waals surface area contributed by atoms with Gasteiger partial charge >= 0.3 is 0 Å². The van der Waals surface area contributed by atoms with Gasteiger partial charge < -0.3 is 9.13 Å². The summed E-state index contributed by atoms with van der Waals surface area (Å²) in [5, 5.41) is 0. The number of benzene rings is 5. The number of imidazole rings is 2. The summed E-state index contributed by atoms with van der Waals surface area (Å²) in [5.41, 5.74) is 9.07. The van der Waals surface area contributed by atoms with Gasteiger partial charge in [0.1, 0.15) is 11.6 Å². The average Bonchev–Trinajstić information content (AvgIpc) is 3.54. The largest absolute Gasteiger partial charge is 0.319 e. The van der Waals surface area contributed by atoms with Gasteiger partial charge in [0.25, 0.3) is 0 Å². The van der Waals surface area contributed by atoms with Crippen LogP contribution >= 0.6 is 0 Å². The minimum Gasteiger partial charge on any atom is -0.319 e. The Labute approximate surface area is 221 Å². The van der Waals surface area contributed by atoms with Crippen molar-refractivity contribution in [2.75, 3.05) is 0 Å². The molecule has 0 aliphatic carbocycles. The number of hydrogen-bond donors (Lipinski definition) is 0. The van der Waals surface area contributed by atoms with Crippen molar-refractivity contribution in [3.63, 3.8) is 0 Å². The van der Waals surface area contributed by atoms with E-state index in [4.69, 9.17) is 9.97 Å². The molecular formula is C34H26N4. The second kappa shape index (κ2) is 9.49. The maximum absolute atomic E-state index is 5.03. The summed E-state index contributed by atoms with van der Waals surface area (Å²) in [7, 11) is 0. The van der Waals surface area contributed by atoms with Crippen molar-refractivity contribution in [1.29, 1.82) is 0 Å². The molecule has 5 aromatic carbocycles. The Morgan fingerprint density at radius 2 is 0.763 bits per heavy atom. The molecule has 0 aliphatic heterocycles. The Bertz CT molecular complexity index is 1730. The number of aromatic nitrogens is 4. The summed E-state index contributed by atoms with van der Waals surface area (Å²) in [6.45, 7) is 1.46. The Hall–Kier alpha value is -4.96. The van der Waals surface area contributed by atoms with E-state index >= 15 is 0 Å². The molecule has 0 N–H and O–H groups in total. The van der Waals surface area contributed by atoms with Crippen LogP contribution in [-0.4, -0.2) is 19.1 Å². The van der Waals surface area contributed by atoms with E-state index in [1.807, 2.05) is 12.1 Å². The van der Waals surface area contributed by atoms with Gasteiger partial charge in [-0.3, -0.25) is 0 Å². The molecule has 0 unspecified atom stereocenters. The van der Waals surface area contributed by atoms with Crippen molar-refractivity contribution >= 4 is 22.1 Å². The molecule has 2 aromatic heterocycles. The van der Waals surface area contributed by atoms with Crippen LogP contribution in [0.3, 0.4) is 0 Å². The first-order valence-corrected chi connectivity index (χ1v) is 12.9. The predicted octanol–water partition coefficient (Wildman–Crippen LogP) is 7.82. The van der Waals surface area contributed by atoms with Crippen LogP contribution < -0.4 is 0 Å². The van der Waals surface area contributed by atoms with Gasteiger partial charge in [0.05, 0.1) is 35.2 Å². The molecule has 0 aliphatic rings. The number of para-hydroxylation sites is 4. The van der Waals surface area contributed by atoms with Gasteiger partial charge in [-0.2, -0.15) is 0 Å². The van der Waals surface area contributed by atoms with Crippen LogP contribution in [0.15, 0.2) is 133 Å². The van der Waals surface area contributed by atoms with Gasteiger partial charge in [-0.25, -0.2) is 9.97 Å². The summed E-state index contributed by atoms with van der Waals surface area (Å²) >= 11 is 0. The lowest BCUT2D eigenvalue weighted by molar-refractivity contribution is 0.782. The minimum absolute atomic E-state index is 0.730. The average molecular weight is 491 g/mol. The third-order valence-corrected chi connectivity index (χ3v) is 7.15. The highest BCUT2D eigenvalue weighted by Gasteiger charge is 2.17. The van der Waals surface area contributed by atoms with Crippen LogP contribution in [0.25, 0.3) is 44.8 Å². The van der Waals surface area contributed by atoms with E-state index in [1.165, 1.54) is 11.1 Å². The topological polar surface area (TPSA) is 35.6 Å². The molecule has 0 amide bonds. The van der Waals surface area contributed by atoms with Gasteiger partial charge in [-0.15, -0.1) is 0 Å². The highest BCUT2D eigenvalue weighted by molar-refractivity contribution is 5.82. The van der Waals surface area contributed by atoms with E-state index in [0.29, 0.717) is 0 Å². The van der Waals surface area contributed by atoms with E-state index in [9.17, 15) is 0 Å². The molecule has 0 spiro atoms. The zero-order chi connectivity index (χ0) is 25.3. The molecule has 38 heavy (non-hydrogen) atoms. The van der Waals surface area contributed by atoms with Gasteiger partial charge in [-0.05, 0) is 35.4 Å². The van der Waals surface area contributed by atoms with Crippen LogP contribution in [0.5, 0.6) is 0 Å². The molecule has 4 heteroatoms. The first-order chi connectivity index (χ1) is 18.8. The molecular weight excluding hydrogens is 464 g/mol. The molecule has 0 fully saturated rings. The number of fused-ring (bicyclic) bond motifs is 2. The van der Waals surface area contributed by atoms with E-state index in [2.05, 4.69) is 130 Å². The summed E-state index contributed by atoms with van der Waals surface area (Å²) in [5.74, 6) is 1.97. The van der Waals surface area contributed by atoms with Crippen molar-refractivity contribution in [2.24, 2.45) is 0 Å². The normalized spacial score (nSPS) is 11.4. The van der Waals surface area contributed by atoms with Crippen molar-refractivity contribution in [3.8, 4) is 22.8 Å². The molecule has 0 saturated heterocycles. The number of hydrogen-bond acceptors (Lipinski definition) is 2. The van der Waals surface area contributed by atoms with Crippen LogP contribution in [0, 0.1) is 0 Å². The lowest BCUT2D eigenvalue weighted by Crippen LogP contribution is -2.09. The van der Waals surface area contributed by atoms with Gasteiger partial charge in [0, 0.05) is 11.1 Å². The van der Waals surface area contributed by atoms with Gasteiger partial charge in [0.15, 0.2) is 0 Å². The highest BCUT2D eigenvalue weighted by Crippen LogP contribution is 2.29. The van der Waals surface area contributed by atoms with E-state index < -0.39 is 0 Å². The second-order valence-corrected chi connectivity index (χ2v) is 9.52. The zero-order valence-corrected chi connectivity index (χ0v) is 20.9. The fourth-order valence-corrected chi connectivity index (χ4v) is 5.29. The van der Waals surface area contributed by atoms with E-state index in [-0.39, 0.29) is 0 Å². The van der Waals surface area contributed by atoms with Crippen molar-refractivity contribution in [1.82, 2.24) is 19.1 Å². The van der Waals surface area contributed by atoms with Gasteiger partial charge in [0.2, 0.25) is 0 Å². The SMILES string of the molecule is c1ccc(-c2nc3ccccc3n2Cc2ccccc2Cn2c(-c3ccccc3)nc3ccccc32)cc1. The molecule has 182 valence electrons. The second-order valence-electron chi connectivity index (χ2n) is 9.52. The Morgan fingerprint density at radius 3 is 1.21 bits per heavy atom. The van der Waals surface area contributed by atoms with Crippen molar-refractivity contribution in [2.45, 2.75) is 13.1 Å². The monoisotopic (exact) mass is 490 g/mol. The van der Waals surface area contributed by atoms with Gasteiger partial charge in [-0.1, -0.05) is 109 Å². The lowest BCUT2D eigenvalue weighted by atomic mass is 10.1. The quantitative estimate of drug-likeness (QED) is 0.238. The maximum Gasteiger partial charge on any atom is 0.141 e. The maximum atomic E-state index is 5.03. The predicted molar refractivity (Wildman–Crippen MR) is 155 cm³/mol. The molecule has 0 saturated carbocycles. The van der Waals surface area contributed by atoms with E-state index in [1.54, 1.807) is 0 Å². The van der Waals surface area contributed by atoms with Crippen LogP contribution in [0.2, 0.25) is 0 Å². The fraction of sp³-hybridized carbons (Fsp3) is 0.0588. The molecule has 4 nitrogen and oxygen atoms in total. The standard InChI is InChI=1S/C34H26N4/c1-3-13-25(14-4-1)33-35-29-19-9-11-21-31(29)37(33)23-27-17-7-8-18-28(27)24-38-32-22-12-10-20-30(32)36-34(38)26-15-5-2-6-16-26/h1-22H,23-24H2. The third kappa shape index (κ3) is 3.97. The summed E-state index contributed by atoms with van der Waals surface area (Å²) in [6.07, 6.45) is 0. The van der Waals surface area contributed by atoms with Crippen molar-refractivity contribution < 1.29 is 0 Å². The first kappa shape index (κ1) is 22.3. The Morgan fingerprint density at radius 1 is 0.395 bits per heavy atom. The summed E-state index contributed by atoms with van der Waals surface area (Å²) < 4.78 is 4.68. The first-order valence-electron chi connectivity index (χ1n) is 12.9. The molecule has 2 heterocycles. The lowest BCUT2D eigenvalue weighted by Gasteiger charge is -2.16. The molecule has 0 atom stereocenters. The molecule has 0 radical (unpaired) electrons. The minimum atomic E-state index is 0.730. The van der Waals surface area contributed by atoms with Crippen LogP contribution in [0.4, 0.5) is 0 Å². The molecule has 0 bridgehead atoms. The number of nitrogens with zero attached hydrogens (tertiary/aromatic N) is 4. The fourth-order valence-electron chi connectivity index (χ4n) is 5.29. The van der Waals surface area contributed by atoms with Crippen LogP contribution in [-0.2, 0) is 13.1 Å². The third-order valence-electron chi connectivity index (χ3n) is 7.15. The van der Waals surface area contributed by atoms with Crippen molar-refractivity contribution in [3.05, 3.63) is 145 Å². The smallest absolute Gasteiger partial charge is 0.141 e. The molecule has 7 aromatic rings.